The first-order valence-electron chi connectivity index (χ1n) is 6.93. The molecule has 2 rings (SSSR count). The van der Waals surface area contributed by atoms with E-state index in [1.165, 1.54) is 0 Å². The minimum Gasteiger partial charge on any atom is -0.492 e. The molecule has 22 heavy (non-hydrogen) atoms. The van der Waals surface area contributed by atoms with Crippen molar-refractivity contribution in [3.63, 3.8) is 0 Å². The zero-order valence-electron chi connectivity index (χ0n) is 12.4. The van der Waals surface area contributed by atoms with Gasteiger partial charge in [0, 0.05) is 10.5 Å². The van der Waals surface area contributed by atoms with Crippen LogP contribution in [0.5, 0.6) is 5.75 Å². The van der Waals surface area contributed by atoms with Crippen molar-refractivity contribution in [2.24, 2.45) is 0 Å². The van der Waals surface area contributed by atoms with Crippen LogP contribution >= 0.6 is 15.9 Å². The van der Waals surface area contributed by atoms with E-state index in [0.29, 0.717) is 16.8 Å². The quantitative estimate of drug-likeness (QED) is 0.822. The molecule has 118 valence electrons. The third kappa shape index (κ3) is 4.09. The van der Waals surface area contributed by atoms with Crippen LogP contribution in [-0.2, 0) is 10.0 Å². The molecule has 6 heteroatoms. The molecule has 1 atom stereocenters. The van der Waals surface area contributed by atoms with Crippen LogP contribution in [0.15, 0.2) is 57.9 Å². The van der Waals surface area contributed by atoms with Crippen molar-refractivity contribution < 1.29 is 13.2 Å². The van der Waals surface area contributed by atoms with E-state index < -0.39 is 10.0 Å². The maximum atomic E-state index is 12.7. The molecule has 0 aliphatic heterocycles. The third-order valence-electron chi connectivity index (χ3n) is 3.13. The summed E-state index contributed by atoms with van der Waals surface area (Å²) < 4.78 is 34.1. The maximum absolute atomic E-state index is 12.7. The number of halogens is 1. The van der Waals surface area contributed by atoms with Crippen LogP contribution in [0.2, 0.25) is 0 Å². The monoisotopic (exact) mass is 383 g/mol. The molecule has 0 spiro atoms. The molecule has 0 fully saturated rings. The van der Waals surface area contributed by atoms with Gasteiger partial charge in [-0.3, -0.25) is 0 Å². The van der Waals surface area contributed by atoms with Gasteiger partial charge >= 0.3 is 0 Å². The highest BCUT2D eigenvalue weighted by Gasteiger charge is 2.22. The normalized spacial score (nSPS) is 12.9. The van der Waals surface area contributed by atoms with Gasteiger partial charge in [0.2, 0.25) is 10.0 Å². The SMILES string of the molecule is CCOc1ccc(Br)cc1S(=O)(=O)NC(C)c1ccccc1. The smallest absolute Gasteiger partial charge is 0.244 e. The minimum atomic E-state index is -3.69. The summed E-state index contributed by atoms with van der Waals surface area (Å²) in [6.45, 7) is 4.03. The minimum absolute atomic E-state index is 0.131. The highest BCUT2D eigenvalue weighted by Crippen LogP contribution is 2.28. The first kappa shape index (κ1) is 17.0. The van der Waals surface area contributed by atoms with Crippen molar-refractivity contribution >= 4 is 26.0 Å². The van der Waals surface area contributed by atoms with Gasteiger partial charge in [0.05, 0.1) is 6.61 Å². The molecular weight excluding hydrogens is 366 g/mol. The van der Waals surface area contributed by atoms with Crippen LogP contribution in [0.1, 0.15) is 25.5 Å². The maximum Gasteiger partial charge on any atom is 0.244 e. The van der Waals surface area contributed by atoms with Gasteiger partial charge in [-0.1, -0.05) is 46.3 Å². The Labute approximate surface area is 139 Å². The largest absolute Gasteiger partial charge is 0.492 e. The molecule has 0 bridgehead atoms. The molecule has 0 saturated carbocycles. The zero-order valence-corrected chi connectivity index (χ0v) is 14.8. The fraction of sp³-hybridized carbons (Fsp3) is 0.250. The number of hydrogen-bond donors (Lipinski definition) is 1. The molecule has 1 N–H and O–H groups in total. The summed E-state index contributed by atoms with van der Waals surface area (Å²) in [5.41, 5.74) is 0.902. The number of nitrogens with one attached hydrogen (secondary N) is 1. The van der Waals surface area contributed by atoms with Gasteiger partial charge in [-0.15, -0.1) is 0 Å². The van der Waals surface area contributed by atoms with E-state index in [1.807, 2.05) is 44.2 Å². The van der Waals surface area contributed by atoms with Crippen molar-refractivity contribution in [3.8, 4) is 5.75 Å². The molecule has 2 aromatic carbocycles. The topological polar surface area (TPSA) is 55.4 Å². The lowest BCUT2D eigenvalue weighted by molar-refractivity contribution is 0.331. The zero-order chi connectivity index (χ0) is 16.2. The summed E-state index contributed by atoms with van der Waals surface area (Å²) in [6.07, 6.45) is 0. The van der Waals surface area contributed by atoms with Gasteiger partial charge in [-0.25, -0.2) is 13.1 Å². The van der Waals surface area contributed by atoms with E-state index in [4.69, 9.17) is 4.74 Å². The van der Waals surface area contributed by atoms with Crippen LogP contribution in [0, 0.1) is 0 Å². The molecule has 0 amide bonds. The number of rotatable bonds is 6. The average molecular weight is 384 g/mol. The van der Waals surface area contributed by atoms with Crippen LogP contribution in [0.25, 0.3) is 0 Å². The second kappa shape index (κ2) is 7.26. The molecule has 0 saturated heterocycles. The first-order chi connectivity index (χ1) is 10.4. The summed E-state index contributed by atoms with van der Waals surface area (Å²) in [6, 6.07) is 14.0. The van der Waals surface area contributed by atoms with Crippen LogP contribution < -0.4 is 9.46 Å². The fourth-order valence-electron chi connectivity index (χ4n) is 2.07. The molecule has 0 aromatic heterocycles. The van der Waals surface area contributed by atoms with Gasteiger partial charge in [0.1, 0.15) is 10.6 Å². The highest BCUT2D eigenvalue weighted by molar-refractivity contribution is 9.10. The van der Waals surface area contributed by atoms with E-state index in [0.717, 1.165) is 5.56 Å². The van der Waals surface area contributed by atoms with Crippen molar-refractivity contribution in [1.29, 1.82) is 0 Å². The van der Waals surface area contributed by atoms with Crippen molar-refractivity contribution in [1.82, 2.24) is 4.72 Å². The summed E-state index contributed by atoms with van der Waals surface area (Å²) in [5, 5.41) is 0. The lowest BCUT2D eigenvalue weighted by atomic mass is 10.1. The standard InChI is InChI=1S/C16H18BrNO3S/c1-3-21-15-10-9-14(17)11-16(15)22(19,20)18-12(2)13-7-5-4-6-8-13/h4-12,18H,3H2,1-2H3. The van der Waals surface area contributed by atoms with E-state index in [1.54, 1.807) is 18.2 Å². The van der Waals surface area contributed by atoms with Gasteiger partial charge in [0.15, 0.2) is 0 Å². The predicted octanol–water partition coefficient (Wildman–Crippen LogP) is 3.89. The number of ether oxygens (including phenoxy) is 1. The summed E-state index contributed by atoms with van der Waals surface area (Å²) in [5.74, 6) is 0.346. The van der Waals surface area contributed by atoms with Gasteiger partial charge in [-0.2, -0.15) is 0 Å². The molecule has 2 aromatic rings. The molecule has 4 nitrogen and oxygen atoms in total. The fourth-order valence-corrected chi connectivity index (χ4v) is 3.99. The average Bonchev–Trinajstić information content (AvgIpc) is 2.49. The van der Waals surface area contributed by atoms with E-state index in [-0.39, 0.29) is 10.9 Å². The van der Waals surface area contributed by atoms with E-state index in [9.17, 15) is 8.42 Å². The second-order valence-corrected chi connectivity index (χ2v) is 7.38. The Morgan fingerprint density at radius 1 is 1.18 bits per heavy atom. The Balaban J connectivity index is 2.32. The number of benzene rings is 2. The van der Waals surface area contributed by atoms with Gasteiger partial charge in [0.25, 0.3) is 0 Å². The lowest BCUT2D eigenvalue weighted by Crippen LogP contribution is -2.27. The summed E-state index contributed by atoms with van der Waals surface area (Å²) >= 11 is 3.30. The van der Waals surface area contributed by atoms with Crippen LogP contribution in [0.3, 0.4) is 0 Å². The summed E-state index contributed by atoms with van der Waals surface area (Å²) in [4.78, 5) is 0.131. The van der Waals surface area contributed by atoms with Crippen molar-refractivity contribution in [2.45, 2.75) is 24.8 Å². The Kier molecular flexibility index (Phi) is 5.61. The van der Waals surface area contributed by atoms with Crippen LogP contribution in [0.4, 0.5) is 0 Å². The summed E-state index contributed by atoms with van der Waals surface area (Å²) in [7, 11) is -3.69. The Bertz CT molecular complexity index is 732. The van der Waals surface area contributed by atoms with Crippen LogP contribution in [-0.4, -0.2) is 15.0 Å². The molecule has 0 heterocycles. The van der Waals surface area contributed by atoms with Crippen molar-refractivity contribution in [2.75, 3.05) is 6.61 Å². The predicted molar refractivity (Wildman–Crippen MR) is 90.5 cm³/mol. The van der Waals surface area contributed by atoms with Gasteiger partial charge < -0.3 is 4.74 Å². The number of hydrogen-bond acceptors (Lipinski definition) is 3. The molecule has 0 radical (unpaired) electrons. The Hall–Kier alpha value is -1.37. The molecular formula is C16H18BrNO3S. The molecule has 0 aliphatic rings. The second-order valence-electron chi connectivity index (χ2n) is 4.78. The highest BCUT2D eigenvalue weighted by atomic mass is 79.9. The van der Waals surface area contributed by atoms with Crippen molar-refractivity contribution in [3.05, 3.63) is 58.6 Å². The van der Waals surface area contributed by atoms with E-state index >= 15 is 0 Å². The third-order valence-corrected chi connectivity index (χ3v) is 5.18. The Morgan fingerprint density at radius 2 is 1.86 bits per heavy atom. The van der Waals surface area contributed by atoms with Gasteiger partial charge in [-0.05, 0) is 37.6 Å². The number of sulfonamides is 1. The molecule has 1 unspecified atom stereocenters. The molecule has 0 aliphatic carbocycles. The first-order valence-corrected chi connectivity index (χ1v) is 9.21. The Morgan fingerprint density at radius 3 is 2.50 bits per heavy atom. The lowest BCUT2D eigenvalue weighted by Gasteiger charge is -2.17. The van der Waals surface area contributed by atoms with E-state index in [2.05, 4.69) is 20.7 Å².